The lowest BCUT2D eigenvalue weighted by Gasteiger charge is -2.37. The van der Waals surface area contributed by atoms with Gasteiger partial charge in [0.15, 0.2) is 12.5 Å². The molecule has 2 unspecified atom stereocenters. The largest absolute Gasteiger partial charge is 0.354 e. The fourth-order valence-electron chi connectivity index (χ4n) is 2.86. The summed E-state index contributed by atoms with van der Waals surface area (Å²) in [6.45, 7) is 0.356. The molecule has 3 amide bonds. The van der Waals surface area contributed by atoms with Crippen molar-refractivity contribution >= 4 is 35.3 Å². The van der Waals surface area contributed by atoms with Gasteiger partial charge in [-0.25, -0.2) is 4.90 Å². The third-order valence-corrected chi connectivity index (χ3v) is 4.78. The Labute approximate surface area is 130 Å². The van der Waals surface area contributed by atoms with Crippen LogP contribution in [0.1, 0.15) is 28.8 Å². The van der Waals surface area contributed by atoms with Gasteiger partial charge in [-0.1, -0.05) is 0 Å². The number of piperidine rings is 1. The van der Waals surface area contributed by atoms with Crippen LogP contribution in [0.5, 0.6) is 0 Å². The van der Waals surface area contributed by atoms with Gasteiger partial charge in [-0.3, -0.25) is 19.2 Å². The zero-order valence-corrected chi connectivity index (χ0v) is 12.7. The molecular weight excluding hydrogens is 308 g/mol. The first-order valence-electron chi connectivity index (χ1n) is 6.78. The molecule has 0 N–H and O–H groups in total. The van der Waals surface area contributed by atoms with E-state index >= 15 is 0 Å². The SMILES string of the molecule is COC(C=O)N1C(=O)CCC(N2Cc3cscc3C2=O)C1=O. The molecule has 0 aliphatic carbocycles. The summed E-state index contributed by atoms with van der Waals surface area (Å²) in [6.07, 6.45) is -0.474. The van der Waals surface area contributed by atoms with Gasteiger partial charge in [0.25, 0.3) is 11.8 Å². The van der Waals surface area contributed by atoms with Gasteiger partial charge in [-0.2, -0.15) is 11.3 Å². The standard InChI is InChI=1S/C14H14N2O5S/c1-21-12(5-17)16-11(18)3-2-10(14(16)20)15-4-8-6-22-7-9(8)13(15)19/h5-7,10,12H,2-4H2,1H3. The highest BCUT2D eigenvalue weighted by Gasteiger charge is 2.45. The van der Waals surface area contributed by atoms with Crippen molar-refractivity contribution in [3.05, 3.63) is 21.9 Å². The molecule has 2 aliphatic heterocycles. The van der Waals surface area contributed by atoms with Crippen molar-refractivity contribution in [2.45, 2.75) is 31.7 Å². The topological polar surface area (TPSA) is 84.0 Å². The number of rotatable bonds is 4. The van der Waals surface area contributed by atoms with Crippen molar-refractivity contribution in [1.29, 1.82) is 0 Å². The quantitative estimate of drug-likeness (QED) is 0.591. The molecule has 1 aromatic heterocycles. The molecule has 0 spiro atoms. The summed E-state index contributed by atoms with van der Waals surface area (Å²) in [5.74, 6) is -1.22. The zero-order chi connectivity index (χ0) is 15.9. The molecule has 0 saturated carbocycles. The van der Waals surface area contributed by atoms with E-state index in [0.717, 1.165) is 10.5 Å². The number of fused-ring (bicyclic) bond motifs is 1. The Morgan fingerprint density at radius 3 is 2.77 bits per heavy atom. The van der Waals surface area contributed by atoms with E-state index in [1.165, 1.54) is 23.3 Å². The Kier molecular flexibility index (Phi) is 3.79. The van der Waals surface area contributed by atoms with Crippen molar-refractivity contribution in [1.82, 2.24) is 9.80 Å². The van der Waals surface area contributed by atoms with E-state index in [-0.39, 0.29) is 18.7 Å². The number of methoxy groups -OCH3 is 1. The maximum absolute atomic E-state index is 12.6. The highest BCUT2D eigenvalue weighted by Crippen LogP contribution is 2.31. The third-order valence-electron chi connectivity index (χ3n) is 3.99. The van der Waals surface area contributed by atoms with Gasteiger partial charge in [-0.05, 0) is 17.4 Å². The van der Waals surface area contributed by atoms with E-state index in [1.807, 2.05) is 5.38 Å². The molecule has 1 saturated heterocycles. The maximum Gasteiger partial charge on any atom is 0.256 e. The molecule has 1 aromatic rings. The van der Waals surface area contributed by atoms with Crippen molar-refractivity contribution in [2.24, 2.45) is 0 Å². The van der Waals surface area contributed by atoms with Crippen LogP contribution in [-0.4, -0.2) is 53.2 Å². The minimum absolute atomic E-state index is 0.0979. The van der Waals surface area contributed by atoms with Crippen LogP contribution in [0.3, 0.4) is 0 Å². The number of imide groups is 1. The maximum atomic E-state index is 12.6. The van der Waals surface area contributed by atoms with Crippen LogP contribution in [0.2, 0.25) is 0 Å². The molecule has 1 fully saturated rings. The van der Waals surface area contributed by atoms with Gasteiger partial charge >= 0.3 is 0 Å². The molecule has 0 radical (unpaired) electrons. The van der Waals surface area contributed by atoms with Crippen LogP contribution in [0.25, 0.3) is 0 Å². The average molecular weight is 322 g/mol. The highest BCUT2D eigenvalue weighted by molar-refractivity contribution is 7.08. The summed E-state index contributed by atoms with van der Waals surface area (Å²) in [6, 6.07) is -0.736. The lowest BCUT2D eigenvalue weighted by atomic mass is 10.0. The first-order valence-corrected chi connectivity index (χ1v) is 7.72. The number of thiophene rings is 1. The third kappa shape index (κ3) is 2.15. The number of nitrogens with zero attached hydrogens (tertiary/aromatic N) is 2. The number of carbonyl (C=O) groups excluding carboxylic acids is 4. The predicted octanol–water partition coefficient (Wildman–Crippen LogP) is 0.393. The number of hydrogen-bond donors (Lipinski definition) is 0. The van der Waals surface area contributed by atoms with Crippen molar-refractivity contribution < 1.29 is 23.9 Å². The minimum Gasteiger partial charge on any atom is -0.354 e. The molecule has 0 aromatic carbocycles. The number of ether oxygens (including phenoxy) is 1. The van der Waals surface area contributed by atoms with E-state index in [4.69, 9.17) is 4.74 Å². The van der Waals surface area contributed by atoms with Gasteiger partial charge in [0.05, 0.1) is 5.56 Å². The number of likely N-dealkylation sites (tertiary alicyclic amines) is 1. The molecule has 8 heteroatoms. The monoisotopic (exact) mass is 322 g/mol. The van der Waals surface area contributed by atoms with Gasteiger partial charge in [0.2, 0.25) is 5.91 Å². The highest BCUT2D eigenvalue weighted by atomic mass is 32.1. The van der Waals surface area contributed by atoms with Crippen LogP contribution in [-0.2, 0) is 25.7 Å². The number of aldehydes is 1. The van der Waals surface area contributed by atoms with Crippen LogP contribution < -0.4 is 0 Å². The van der Waals surface area contributed by atoms with Crippen molar-refractivity contribution in [3.8, 4) is 0 Å². The average Bonchev–Trinajstić information content (AvgIpc) is 3.07. The minimum atomic E-state index is -1.24. The number of amides is 3. The summed E-state index contributed by atoms with van der Waals surface area (Å²) in [5, 5.41) is 3.64. The molecular formula is C14H14N2O5S. The predicted molar refractivity (Wildman–Crippen MR) is 75.9 cm³/mol. The Hall–Kier alpha value is -2.06. The van der Waals surface area contributed by atoms with Gasteiger partial charge in [0, 0.05) is 25.5 Å². The van der Waals surface area contributed by atoms with Crippen LogP contribution in [0.15, 0.2) is 10.8 Å². The second-order valence-electron chi connectivity index (χ2n) is 5.16. The fraction of sp³-hybridized carbons (Fsp3) is 0.429. The Bertz CT molecular complexity index is 655. The van der Waals surface area contributed by atoms with E-state index in [1.54, 1.807) is 5.38 Å². The first-order chi connectivity index (χ1) is 10.6. The summed E-state index contributed by atoms with van der Waals surface area (Å²) in [4.78, 5) is 50.2. The molecule has 0 bridgehead atoms. The van der Waals surface area contributed by atoms with E-state index < -0.39 is 24.1 Å². The van der Waals surface area contributed by atoms with E-state index in [9.17, 15) is 19.2 Å². The summed E-state index contributed by atoms with van der Waals surface area (Å²) >= 11 is 1.45. The smallest absolute Gasteiger partial charge is 0.256 e. The lowest BCUT2D eigenvalue weighted by molar-refractivity contribution is -0.167. The Morgan fingerprint density at radius 1 is 1.36 bits per heavy atom. The zero-order valence-electron chi connectivity index (χ0n) is 11.9. The number of hydrogen-bond acceptors (Lipinski definition) is 6. The summed E-state index contributed by atoms with van der Waals surface area (Å²) in [5.41, 5.74) is 1.50. The van der Waals surface area contributed by atoms with Crippen molar-refractivity contribution in [3.63, 3.8) is 0 Å². The van der Waals surface area contributed by atoms with Crippen LogP contribution >= 0.6 is 11.3 Å². The van der Waals surface area contributed by atoms with Gasteiger partial charge in [-0.15, -0.1) is 0 Å². The molecule has 3 rings (SSSR count). The second-order valence-corrected chi connectivity index (χ2v) is 5.91. The Morgan fingerprint density at radius 2 is 2.14 bits per heavy atom. The van der Waals surface area contributed by atoms with E-state index in [0.29, 0.717) is 18.4 Å². The van der Waals surface area contributed by atoms with Crippen LogP contribution in [0, 0.1) is 0 Å². The van der Waals surface area contributed by atoms with Crippen molar-refractivity contribution in [2.75, 3.05) is 7.11 Å². The van der Waals surface area contributed by atoms with Gasteiger partial charge in [0.1, 0.15) is 6.04 Å². The van der Waals surface area contributed by atoms with E-state index in [2.05, 4.69) is 0 Å². The normalized spacial score (nSPS) is 23.0. The number of carbonyl (C=O) groups is 4. The fourth-order valence-corrected chi connectivity index (χ4v) is 3.68. The summed E-state index contributed by atoms with van der Waals surface area (Å²) < 4.78 is 4.88. The lowest BCUT2D eigenvalue weighted by Crippen LogP contribution is -2.58. The molecule has 22 heavy (non-hydrogen) atoms. The van der Waals surface area contributed by atoms with Crippen LogP contribution in [0.4, 0.5) is 0 Å². The Balaban J connectivity index is 1.85. The molecule has 2 atom stereocenters. The molecule has 116 valence electrons. The molecule has 2 aliphatic rings. The summed E-state index contributed by atoms with van der Waals surface area (Å²) in [7, 11) is 1.25. The molecule has 7 nitrogen and oxygen atoms in total. The van der Waals surface area contributed by atoms with Gasteiger partial charge < -0.3 is 9.64 Å². The second kappa shape index (κ2) is 5.62. The molecule has 3 heterocycles. The first kappa shape index (κ1) is 14.9.